The number of hydrogen-bond acceptors (Lipinski definition) is 5. The van der Waals surface area contributed by atoms with E-state index in [0.717, 1.165) is 33.6 Å². The van der Waals surface area contributed by atoms with Gasteiger partial charge in [-0.05, 0) is 39.8 Å². The molecule has 0 aliphatic heterocycles. The highest BCUT2D eigenvalue weighted by atomic mass is 32.2. The third-order valence-corrected chi connectivity index (χ3v) is 7.05. The summed E-state index contributed by atoms with van der Waals surface area (Å²) in [4.78, 5) is 12.7. The van der Waals surface area contributed by atoms with Crippen LogP contribution in [-0.4, -0.2) is 38.8 Å². The number of H-pyrrole nitrogens is 2. The van der Waals surface area contributed by atoms with Crippen LogP contribution in [0.1, 0.15) is 28.1 Å². The minimum absolute atomic E-state index is 0. The van der Waals surface area contributed by atoms with Gasteiger partial charge in [0, 0.05) is 31.4 Å². The van der Waals surface area contributed by atoms with Gasteiger partial charge in [0.1, 0.15) is 5.52 Å². The molecule has 0 saturated heterocycles. The van der Waals surface area contributed by atoms with Gasteiger partial charge in [0.15, 0.2) is 15.5 Å². The van der Waals surface area contributed by atoms with Crippen molar-refractivity contribution in [1.82, 2.24) is 25.1 Å². The lowest BCUT2D eigenvalue weighted by Crippen LogP contribution is -2.13. The Morgan fingerprint density at radius 3 is 2.43 bits per heavy atom. The zero-order chi connectivity index (χ0) is 20.1. The Hall–Kier alpha value is -3.00. The Bertz CT molecular complexity index is 1260. The van der Waals surface area contributed by atoms with Crippen molar-refractivity contribution in [2.75, 3.05) is 0 Å². The van der Waals surface area contributed by atoms with Crippen LogP contribution >= 0.6 is 0 Å². The van der Waals surface area contributed by atoms with Gasteiger partial charge in [-0.1, -0.05) is 12.1 Å². The largest absolute Gasteiger partial charge is 0.344 e. The zero-order valence-corrected chi connectivity index (χ0v) is 16.9. The number of sulfone groups is 1. The molecule has 0 amide bonds. The summed E-state index contributed by atoms with van der Waals surface area (Å²) in [5.74, 6) is 0. The van der Waals surface area contributed by atoms with Crippen LogP contribution in [0.25, 0.3) is 33.5 Å². The van der Waals surface area contributed by atoms with E-state index in [1.54, 1.807) is 44.3 Å². The topological polar surface area (TPSA) is 104 Å². The molecule has 0 spiro atoms. The fourth-order valence-electron chi connectivity index (χ4n) is 3.26. The molecule has 4 aromatic rings. The first-order valence-electron chi connectivity index (χ1n) is 8.99. The first-order chi connectivity index (χ1) is 13.3. The van der Waals surface area contributed by atoms with E-state index in [2.05, 4.69) is 20.2 Å². The average Bonchev–Trinajstić information content (AvgIpc) is 3.23. The minimum Gasteiger partial charge on any atom is -0.344 e. The Kier molecular flexibility index (Phi) is 4.30. The summed E-state index contributed by atoms with van der Waals surface area (Å²) in [6.07, 6.45) is 3.57. The number of hydrogen-bond donors (Lipinski definition) is 2. The van der Waals surface area contributed by atoms with Crippen LogP contribution in [0.4, 0.5) is 0 Å². The second-order valence-electron chi connectivity index (χ2n) is 7.08. The number of aromatic amines is 2. The monoisotopic (exact) mass is 399 g/mol. The van der Waals surface area contributed by atoms with Gasteiger partial charge in [0.25, 0.3) is 0 Å². The predicted octanol–water partition coefficient (Wildman–Crippen LogP) is 4.31. The molecule has 3 heterocycles. The zero-order valence-electron chi connectivity index (χ0n) is 16.1. The second-order valence-corrected chi connectivity index (χ2v) is 9.59. The molecule has 3 aromatic heterocycles. The highest BCUT2D eigenvalue weighted by Gasteiger charge is 2.19. The molecule has 0 fully saturated rings. The van der Waals surface area contributed by atoms with Gasteiger partial charge in [-0.2, -0.15) is 5.10 Å². The van der Waals surface area contributed by atoms with Crippen molar-refractivity contribution in [3.63, 3.8) is 0 Å². The number of benzene rings is 1. The van der Waals surface area contributed by atoms with Gasteiger partial charge >= 0.3 is 0 Å². The van der Waals surface area contributed by atoms with Crippen molar-refractivity contribution in [2.24, 2.45) is 0 Å². The number of rotatable bonds is 4. The highest BCUT2D eigenvalue weighted by Crippen LogP contribution is 2.32. The first-order valence-corrected chi connectivity index (χ1v) is 10.5. The van der Waals surface area contributed by atoms with Crippen molar-refractivity contribution < 1.29 is 11.3 Å². The summed E-state index contributed by atoms with van der Waals surface area (Å²) in [5, 5.41) is 6.80. The van der Waals surface area contributed by atoms with E-state index >= 15 is 0 Å². The summed E-state index contributed by atoms with van der Waals surface area (Å²) >= 11 is 0. The van der Waals surface area contributed by atoms with Crippen LogP contribution in [0.15, 0.2) is 41.6 Å². The molecule has 0 aliphatic rings. The van der Waals surface area contributed by atoms with Gasteiger partial charge in [0.05, 0.1) is 27.7 Å². The SMILES string of the molecule is Cc1n[nH]c(C)c1-c1c[nH]c2ncc(-c3ccc(S(=O)(=O)C(C)C)cc3)nc12.[HH].[HH]. The van der Waals surface area contributed by atoms with E-state index in [4.69, 9.17) is 4.98 Å². The molecule has 148 valence electrons. The maximum atomic E-state index is 12.3. The molecule has 0 unspecified atom stereocenters. The maximum absolute atomic E-state index is 12.3. The fraction of sp³-hybridized carbons (Fsp3) is 0.250. The van der Waals surface area contributed by atoms with Crippen molar-refractivity contribution >= 4 is 21.0 Å². The van der Waals surface area contributed by atoms with Crippen LogP contribution in [0.3, 0.4) is 0 Å². The Morgan fingerprint density at radius 1 is 1.11 bits per heavy atom. The summed E-state index contributed by atoms with van der Waals surface area (Å²) in [7, 11) is -3.30. The van der Waals surface area contributed by atoms with E-state index < -0.39 is 15.1 Å². The molecule has 0 atom stereocenters. The molecule has 7 nitrogen and oxygen atoms in total. The Balaban J connectivity index is 0.00000160. The van der Waals surface area contributed by atoms with Crippen LogP contribution in [-0.2, 0) is 9.84 Å². The molecule has 0 bridgehead atoms. The number of aryl methyl sites for hydroxylation is 2. The van der Waals surface area contributed by atoms with Crippen LogP contribution in [0.5, 0.6) is 0 Å². The number of nitrogens with one attached hydrogen (secondary N) is 2. The quantitative estimate of drug-likeness (QED) is 0.532. The fourth-order valence-corrected chi connectivity index (χ4v) is 4.32. The van der Waals surface area contributed by atoms with Gasteiger partial charge < -0.3 is 4.98 Å². The number of nitrogens with zero attached hydrogens (tertiary/aromatic N) is 3. The summed E-state index contributed by atoms with van der Waals surface area (Å²) in [6.45, 7) is 7.27. The van der Waals surface area contributed by atoms with Gasteiger partial charge in [-0.25, -0.2) is 18.4 Å². The third-order valence-electron chi connectivity index (χ3n) is 4.88. The van der Waals surface area contributed by atoms with E-state index in [0.29, 0.717) is 16.2 Å². The molecular formula is C20H25N5O2S. The third kappa shape index (κ3) is 2.90. The predicted molar refractivity (Wildman–Crippen MR) is 113 cm³/mol. The average molecular weight is 400 g/mol. The van der Waals surface area contributed by atoms with Gasteiger partial charge in [0.2, 0.25) is 0 Å². The summed E-state index contributed by atoms with van der Waals surface area (Å²) in [6, 6.07) is 6.79. The second kappa shape index (κ2) is 6.56. The standard InChI is InChI=1S/C20H21N5O2S.2H2/c1-11(2)28(26,27)15-7-5-14(6-8-15)17-10-22-20-19(23-17)16(9-21-20)18-12(3)24-25-13(18)4;;/h5-11H,1-4H3,(H,21,22)(H,24,25);2*1H. The molecule has 8 heteroatoms. The molecule has 28 heavy (non-hydrogen) atoms. The van der Waals surface area contributed by atoms with Crippen LogP contribution in [0, 0.1) is 13.8 Å². The lowest BCUT2D eigenvalue weighted by atomic mass is 10.1. The van der Waals surface area contributed by atoms with Crippen molar-refractivity contribution in [3.8, 4) is 22.4 Å². The van der Waals surface area contributed by atoms with Gasteiger partial charge in [-0.3, -0.25) is 5.10 Å². The maximum Gasteiger partial charge on any atom is 0.180 e. The van der Waals surface area contributed by atoms with E-state index in [1.807, 2.05) is 20.0 Å². The molecule has 1 aromatic carbocycles. The summed E-state index contributed by atoms with van der Waals surface area (Å²) in [5.41, 5.74) is 6.75. The first kappa shape index (κ1) is 18.4. The van der Waals surface area contributed by atoms with Gasteiger partial charge in [-0.15, -0.1) is 0 Å². The lowest BCUT2D eigenvalue weighted by molar-refractivity contribution is 0.587. The summed E-state index contributed by atoms with van der Waals surface area (Å²) < 4.78 is 24.6. The minimum atomic E-state index is -3.30. The van der Waals surface area contributed by atoms with Crippen molar-refractivity contribution in [1.29, 1.82) is 0 Å². The molecule has 0 radical (unpaired) electrons. The van der Waals surface area contributed by atoms with E-state index in [-0.39, 0.29) is 2.85 Å². The molecule has 4 rings (SSSR count). The van der Waals surface area contributed by atoms with Crippen LogP contribution in [0.2, 0.25) is 0 Å². The normalized spacial score (nSPS) is 12.2. The lowest BCUT2D eigenvalue weighted by Gasteiger charge is -2.08. The number of aromatic nitrogens is 5. The van der Waals surface area contributed by atoms with E-state index in [9.17, 15) is 8.42 Å². The van der Waals surface area contributed by atoms with Crippen LogP contribution < -0.4 is 0 Å². The van der Waals surface area contributed by atoms with Crippen molar-refractivity contribution in [3.05, 3.63) is 48.0 Å². The molecule has 0 aliphatic carbocycles. The van der Waals surface area contributed by atoms with Crippen molar-refractivity contribution in [2.45, 2.75) is 37.8 Å². The molecule has 0 saturated carbocycles. The number of fused-ring (bicyclic) bond motifs is 1. The van der Waals surface area contributed by atoms with E-state index in [1.165, 1.54) is 0 Å². The highest BCUT2D eigenvalue weighted by molar-refractivity contribution is 7.92. The molecule has 2 N–H and O–H groups in total. The smallest absolute Gasteiger partial charge is 0.180 e. The Morgan fingerprint density at radius 2 is 1.82 bits per heavy atom. The Labute approximate surface area is 166 Å². The molecular weight excluding hydrogens is 374 g/mol.